The number of aryl methyl sites for hydroxylation is 1. The zero-order valence-electron chi connectivity index (χ0n) is 16.1. The normalized spacial score (nSPS) is 10.6. The molecule has 0 fully saturated rings. The van der Waals surface area contributed by atoms with Gasteiger partial charge in [-0.2, -0.15) is 5.10 Å². The number of amides is 1. The van der Waals surface area contributed by atoms with Crippen LogP contribution < -0.4 is 15.6 Å². The van der Waals surface area contributed by atoms with E-state index in [2.05, 4.69) is 10.4 Å². The molecule has 0 unspecified atom stereocenters. The summed E-state index contributed by atoms with van der Waals surface area (Å²) in [5.74, 6) is 0.666. The van der Waals surface area contributed by atoms with Gasteiger partial charge in [-0.3, -0.25) is 9.59 Å². The van der Waals surface area contributed by atoms with Crippen LogP contribution in [-0.4, -0.2) is 22.3 Å². The first-order chi connectivity index (χ1) is 14.0. The maximum atomic E-state index is 12.1. The Kier molecular flexibility index (Phi) is 7.03. The topological polar surface area (TPSA) is 73.2 Å². The zero-order valence-corrected chi connectivity index (χ0v) is 16.9. The van der Waals surface area contributed by atoms with Gasteiger partial charge < -0.3 is 10.1 Å². The summed E-state index contributed by atoms with van der Waals surface area (Å²) in [6, 6.07) is 17.7. The molecule has 0 aliphatic heterocycles. The van der Waals surface area contributed by atoms with Crippen LogP contribution in [0.5, 0.6) is 5.75 Å². The third kappa shape index (κ3) is 5.93. The Morgan fingerprint density at radius 2 is 1.79 bits per heavy atom. The Bertz CT molecular complexity index is 1010. The third-order valence-corrected chi connectivity index (χ3v) is 4.48. The second-order valence-electron chi connectivity index (χ2n) is 6.40. The minimum atomic E-state index is -0.196. The lowest BCUT2D eigenvalue weighted by Gasteiger charge is -2.09. The van der Waals surface area contributed by atoms with E-state index in [0.717, 1.165) is 11.3 Å². The fraction of sp³-hybridized carbons (Fsp3) is 0.227. The molecule has 2 aromatic carbocycles. The van der Waals surface area contributed by atoms with Crippen LogP contribution >= 0.6 is 11.6 Å². The van der Waals surface area contributed by atoms with Crippen LogP contribution in [0.1, 0.15) is 19.8 Å². The molecule has 3 rings (SSSR count). The van der Waals surface area contributed by atoms with Crippen molar-refractivity contribution < 1.29 is 9.53 Å². The van der Waals surface area contributed by atoms with Crippen LogP contribution in [0.2, 0.25) is 5.02 Å². The van der Waals surface area contributed by atoms with Gasteiger partial charge in [-0.05, 0) is 67.9 Å². The van der Waals surface area contributed by atoms with E-state index in [9.17, 15) is 9.59 Å². The van der Waals surface area contributed by atoms with Crippen molar-refractivity contribution in [1.29, 1.82) is 0 Å². The number of hydrogen-bond donors (Lipinski definition) is 1. The molecule has 0 spiro atoms. The predicted molar refractivity (Wildman–Crippen MR) is 114 cm³/mol. The molecule has 29 heavy (non-hydrogen) atoms. The third-order valence-electron chi connectivity index (χ3n) is 4.23. The number of nitrogens with one attached hydrogen (secondary N) is 1. The Hall–Kier alpha value is -3.12. The second kappa shape index (κ2) is 9.89. The highest BCUT2D eigenvalue weighted by Crippen LogP contribution is 2.20. The van der Waals surface area contributed by atoms with Gasteiger partial charge in [0, 0.05) is 35.3 Å². The van der Waals surface area contributed by atoms with Gasteiger partial charge in [0.25, 0.3) is 5.56 Å². The predicted octanol–water partition coefficient (Wildman–Crippen LogP) is 4.38. The van der Waals surface area contributed by atoms with Crippen LogP contribution in [0.15, 0.2) is 65.5 Å². The van der Waals surface area contributed by atoms with Gasteiger partial charge in [0.2, 0.25) is 5.91 Å². The first-order valence-corrected chi connectivity index (χ1v) is 9.80. The molecule has 0 saturated carbocycles. The summed E-state index contributed by atoms with van der Waals surface area (Å²) < 4.78 is 6.83. The largest absolute Gasteiger partial charge is 0.494 e. The molecule has 0 saturated heterocycles. The van der Waals surface area contributed by atoms with Gasteiger partial charge in [-0.25, -0.2) is 4.68 Å². The molecule has 6 nitrogen and oxygen atoms in total. The quantitative estimate of drug-likeness (QED) is 0.597. The number of carbonyl (C=O) groups excluding carboxylic acids is 1. The number of anilines is 1. The van der Waals surface area contributed by atoms with Crippen molar-refractivity contribution in [2.45, 2.75) is 26.3 Å². The number of hydrogen-bond acceptors (Lipinski definition) is 4. The minimum Gasteiger partial charge on any atom is -0.494 e. The number of benzene rings is 2. The number of rotatable bonds is 8. The maximum absolute atomic E-state index is 12.1. The number of halogens is 1. The van der Waals surface area contributed by atoms with Crippen molar-refractivity contribution in [3.8, 4) is 17.0 Å². The van der Waals surface area contributed by atoms with E-state index >= 15 is 0 Å². The second-order valence-corrected chi connectivity index (χ2v) is 6.83. The van der Waals surface area contributed by atoms with Crippen LogP contribution in [0.4, 0.5) is 5.69 Å². The van der Waals surface area contributed by atoms with Crippen molar-refractivity contribution >= 4 is 23.2 Å². The monoisotopic (exact) mass is 411 g/mol. The smallest absolute Gasteiger partial charge is 0.266 e. The maximum Gasteiger partial charge on any atom is 0.266 e. The van der Waals surface area contributed by atoms with Gasteiger partial charge in [-0.1, -0.05) is 11.6 Å². The molecule has 0 aliphatic rings. The number of ether oxygens (including phenoxy) is 1. The Balaban J connectivity index is 1.59. The molecular formula is C22H22ClN3O3. The summed E-state index contributed by atoms with van der Waals surface area (Å²) >= 11 is 5.84. The fourth-order valence-electron chi connectivity index (χ4n) is 2.80. The highest BCUT2D eigenvalue weighted by atomic mass is 35.5. The Labute approximate surface area is 174 Å². The van der Waals surface area contributed by atoms with Gasteiger partial charge in [0.1, 0.15) is 5.75 Å². The van der Waals surface area contributed by atoms with Gasteiger partial charge >= 0.3 is 0 Å². The van der Waals surface area contributed by atoms with Crippen LogP contribution in [0.25, 0.3) is 11.3 Å². The summed E-state index contributed by atoms with van der Waals surface area (Å²) in [5, 5.41) is 7.84. The van der Waals surface area contributed by atoms with Crippen LogP contribution in [-0.2, 0) is 11.3 Å². The highest BCUT2D eigenvalue weighted by Gasteiger charge is 2.07. The Morgan fingerprint density at radius 1 is 1.07 bits per heavy atom. The summed E-state index contributed by atoms with van der Waals surface area (Å²) in [4.78, 5) is 24.2. The summed E-state index contributed by atoms with van der Waals surface area (Å²) in [6.45, 7) is 2.90. The van der Waals surface area contributed by atoms with E-state index in [4.69, 9.17) is 16.3 Å². The molecule has 0 aliphatic carbocycles. The zero-order chi connectivity index (χ0) is 20.6. The first-order valence-electron chi connectivity index (χ1n) is 9.42. The molecule has 1 amide bonds. The molecule has 0 radical (unpaired) electrons. The number of aromatic nitrogens is 2. The van der Waals surface area contributed by atoms with Crippen molar-refractivity contribution in [1.82, 2.24) is 9.78 Å². The average molecular weight is 412 g/mol. The van der Waals surface area contributed by atoms with Crippen molar-refractivity contribution in [3.05, 3.63) is 76.0 Å². The van der Waals surface area contributed by atoms with Crippen LogP contribution in [0, 0.1) is 0 Å². The highest BCUT2D eigenvalue weighted by molar-refractivity contribution is 6.30. The number of carbonyl (C=O) groups is 1. The average Bonchev–Trinajstić information content (AvgIpc) is 2.72. The molecule has 7 heteroatoms. The van der Waals surface area contributed by atoms with Crippen molar-refractivity contribution in [3.63, 3.8) is 0 Å². The minimum absolute atomic E-state index is 0.122. The lowest BCUT2D eigenvalue weighted by molar-refractivity contribution is -0.116. The first kappa shape index (κ1) is 20.6. The molecule has 1 heterocycles. The van der Waals surface area contributed by atoms with Gasteiger partial charge in [0.15, 0.2) is 0 Å². The summed E-state index contributed by atoms with van der Waals surface area (Å²) in [6.07, 6.45) is 0.781. The molecular weight excluding hydrogens is 390 g/mol. The lowest BCUT2D eigenvalue weighted by Crippen LogP contribution is -2.23. The van der Waals surface area contributed by atoms with Gasteiger partial charge in [0.05, 0.1) is 12.3 Å². The Morgan fingerprint density at radius 3 is 2.48 bits per heavy atom. The molecule has 1 aromatic heterocycles. The molecule has 0 atom stereocenters. The van der Waals surface area contributed by atoms with Crippen molar-refractivity contribution in [2.75, 3.05) is 11.9 Å². The molecule has 1 N–H and O–H groups in total. The number of nitrogens with zero attached hydrogens (tertiary/aromatic N) is 2. The molecule has 3 aromatic rings. The van der Waals surface area contributed by atoms with Crippen molar-refractivity contribution in [2.24, 2.45) is 0 Å². The SMILES string of the molecule is CCOc1ccc(-c2ccc(=O)n(CCCC(=O)Nc3ccc(Cl)cc3)n2)cc1. The molecule has 150 valence electrons. The van der Waals surface area contributed by atoms with Gasteiger partial charge in [-0.15, -0.1) is 0 Å². The van der Waals surface area contributed by atoms with E-state index in [1.165, 1.54) is 10.7 Å². The summed E-state index contributed by atoms with van der Waals surface area (Å²) in [5.41, 5.74) is 2.07. The van der Waals surface area contributed by atoms with Crippen LogP contribution in [0.3, 0.4) is 0 Å². The lowest BCUT2D eigenvalue weighted by atomic mass is 10.1. The van der Waals surface area contributed by atoms with E-state index in [1.54, 1.807) is 30.3 Å². The van der Waals surface area contributed by atoms with E-state index in [-0.39, 0.29) is 17.9 Å². The summed E-state index contributed by atoms with van der Waals surface area (Å²) in [7, 11) is 0. The standard InChI is InChI=1S/C22H22ClN3O3/c1-2-29-19-11-5-16(6-12-19)20-13-14-22(28)26(25-20)15-3-4-21(27)24-18-9-7-17(23)8-10-18/h5-14H,2-4,15H2,1H3,(H,24,27). The van der Waals surface area contributed by atoms with E-state index in [0.29, 0.717) is 36.0 Å². The van der Waals surface area contributed by atoms with E-state index in [1.807, 2.05) is 31.2 Å². The fourth-order valence-corrected chi connectivity index (χ4v) is 2.92. The molecule has 0 bridgehead atoms. The van der Waals surface area contributed by atoms with E-state index < -0.39 is 0 Å².